The van der Waals surface area contributed by atoms with E-state index in [9.17, 15) is 0 Å². The fraction of sp³-hybridized carbons (Fsp3) is 0.250. The summed E-state index contributed by atoms with van der Waals surface area (Å²) in [5.41, 5.74) is 5.96. The van der Waals surface area contributed by atoms with Crippen molar-refractivity contribution in [2.75, 3.05) is 0 Å². The van der Waals surface area contributed by atoms with Gasteiger partial charge in [-0.2, -0.15) is 0 Å². The van der Waals surface area contributed by atoms with Crippen LogP contribution in [-0.4, -0.2) is 0 Å². The van der Waals surface area contributed by atoms with Gasteiger partial charge in [-0.1, -0.05) is 0 Å². The van der Waals surface area contributed by atoms with Crippen molar-refractivity contribution in [1.82, 2.24) is 0 Å². The summed E-state index contributed by atoms with van der Waals surface area (Å²) >= 11 is -1.07. The second-order valence-corrected chi connectivity index (χ2v) is 9.96. The Morgan fingerprint density at radius 3 is 1.18 bits per heavy atom. The molecule has 0 bridgehead atoms. The minimum atomic E-state index is -1.07. The van der Waals surface area contributed by atoms with Gasteiger partial charge in [-0.15, -0.1) is 0 Å². The van der Waals surface area contributed by atoms with Crippen molar-refractivity contribution in [2.24, 2.45) is 0 Å². The first kappa shape index (κ1) is 12.8. The van der Waals surface area contributed by atoms with Crippen molar-refractivity contribution in [3.63, 3.8) is 0 Å². The van der Waals surface area contributed by atoms with Gasteiger partial charge in [0, 0.05) is 0 Å². The van der Waals surface area contributed by atoms with Gasteiger partial charge in [-0.25, -0.2) is 0 Å². The van der Waals surface area contributed by atoms with Crippen LogP contribution >= 0.6 is 0 Å². The zero-order valence-electron chi connectivity index (χ0n) is 11.2. The van der Waals surface area contributed by atoms with Gasteiger partial charge in [0.1, 0.15) is 0 Å². The van der Waals surface area contributed by atoms with E-state index in [-0.39, 0.29) is 0 Å². The molecule has 0 nitrogen and oxygen atoms in total. The molecule has 0 aliphatic carbocycles. The number of benzene rings is 2. The summed E-state index contributed by atoms with van der Waals surface area (Å²) in [7, 11) is 0. The first-order chi connectivity index (χ1) is 8.09. The summed E-state index contributed by atoms with van der Waals surface area (Å²) in [6.07, 6.45) is 0. The van der Waals surface area contributed by atoms with Gasteiger partial charge in [-0.05, 0) is 0 Å². The molecule has 17 heavy (non-hydrogen) atoms. The van der Waals surface area contributed by atoms with Crippen LogP contribution in [0.15, 0.2) is 36.4 Å². The molecule has 2 rings (SSSR count). The number of aryl methyl sites for hydroxylation is 4. The topological polar surface area (TPSA) is 0 Å². The average Bonchev–Trinajstić information content (AvgIpc) is 2.27. The van der Waals surface area contributed by atoms with E-state index in [2.05, 4.69) is 64.1 Å². The van der Waals surface area contributed by atoms with Crippen LogP contribution in [0.25, 0.3) is 0 Å². The van der Waals surface area contributed by atoms with Gasteiger partial charge in [-0.3, -0.25) is 0 Å². The summed E-state index contributed by atoms with van der Waals surface area (Å²) < 4.78 is 3.37. The van der Waals surface area contributed by atoms with Crippen molar-refractivity contribution < 1.29 is 24.2 Å². The van der Waals surface area contributed by atoms with Gasteiger partial charge in [0.2, 0.25) is 0 Å². The third kappa shape index (κ3) is 2.79. The summed E-state index contributed by atoms with van der Waals surface area (Å²) in [6.45, 7) is 9.03. The molecule has 2 aromatic carbocycles. The second-order valence-electron chi connectivity index (χ2n) is 4.92. The Hall–Kier alpha value is -0.638. The van der Waals surface area contributed by atoms with Crippen LogP contribution in [0.4, 0.5) is 0 Å². The molecule has 0 saturated heterocycles. The molecule has 1 heteroatoms. The third-order valence-corrected chi connectivity index (χ3v) is 12.0. The molecule has 0 aromatic heterocycles. The molecule has 0 saturated carbocycles. The van der Waals surface area contributed by atoms with Crippen molar-refractivity contribution in [3.8, 4) is 0 Å². The zero-order chi connectivity index (χ0) is 12.4. The van der Waals surface area contributed by atoms with Crippen molar-refractivity contribution in [1.29, 1.82) is 0 Å². The summed E-state index contributed by atoms with van der Waals surface area (Å²) in [5, 5.41) is 0. The monoisotopic (exact) mass is 324 g/mol. The van der Waals surface area contributed by atoms with Crippen LogP contribution in [0, 0.1) is 27.7 Å². The molecule has 2 aromatic rings. The van der Waals surface area contributed by atoms with E-state index in [0.29, 0.717) is 0 Å². The van der Waals surface area contributed by atoms with E-state index in [1.165, 1.54) is 22.3 Å². The predicted molar refractivity (Wildman–Crippen MR) is 71.1 cm³/mol. The van der Waals surface area contributed by atoms with Crippen LogP contribution in [0.1, 0.15) is 22.3 Å². The fourth-order valence-corrected chi connectivity index (χ4v) is 7.97. The Kier molecular flexibility index (Phi) is 4.02. The van der Waals surface area contributed by atoms with Crippen molar-refractivity contribution in [2.45, 2.75) is 27.7 Å². The maximum absolute atomic E-state index is 2.26. The van der Waals surface area contributed by atoms with E-state index >= 15 is 0 Å². The Balaban J connectivity index is 2.45. The van der Waals surface area contributed by atoms with Crippen LogP contribution in [0.5, 0.6) is 0 Å². The van der Waals surface area contributed by atoms with Gasteiger partial charge in [0.05, 0.1) is 0 Å². The Bertz CT molecular complexity index is 451. The number of hydrogen-bond acceptors (Lipinski definition) is 0. The Morgan fingerprint density at radius 1 is 0.588 bits per heavy atom. The van der Waals surface area contributed by atoms with E-state index in [0.717, 1.165) is 0 Å². The molecule has 0 radical (unpaired) electrons. The normalized spacial score (nSPS) is 10.1. The Labute approximate surface area is 116 Å². The summed E-state index contributed by atoms with van der Waals surface area (Å²) in [6, 6.07) is 13.4. The number of rotatable bonds is 2. The fourth-order valence-electron chi connectivity index (χ4n) is 2.43. The second kappa shape index (κ2) is 5.34. The molecule has 0 spiro atoms. The van der Waals surface area contributed by atoms with Gasteiger partial charge in [0.15, 0.2) is 0 Å². The molecule has 0 aliphatic rings. The molecule has 0 amide bonds. The van der Waals surface area contributed by atoms with E-state index in [4.69, 9.17) is 0 Å². The minimum absolute atomic E-state index is 1.07. The standard InChI is InChI=1S/2C8H9.Cd/c2*1-7-4-3-5-8(2)6-7;/h2*3-5H,1-2H3;. The SMILES string of the molecule is Cc1cccc(C)[c]1[Cd][c]1c(C)cccc1C. The van der Waals surface area contributed by atoms with Crippen LogP contribution < -0.4 is 6.25 Å². The van der Waals surface area contributed by atoms with Crippen molar-refractivity contribution >= 4 is 6.25 Å². The van der Waals surface area contributed by atoms with E-state index in [1.54, 1.807) is 6.25 Å². The molecular weight excluding hydrogens is 305 g/mol. The van der Waals surface area contributed by atoms with Crippen LogP contribution in [0.3, 0.4) is 0 Å². The molecule has 0 fully saturated rings. The first-order valence-corrected chi connectivity index (χ1v) is 10.2. The molecular formula is C16H18Cd. The Morgan fingerprint density at radius 2 is 0.882 bits per heavy atom. The van der Waals surface area contributed by atoms with Crippen molar-refractivity contribution in [3.05, 3.63) is 58.7 Å². The summed E-state index contributed by atoms with van der Waals surface area (Å²) in [4.78, 5) is 0. The van der Waals surface area contributed by atoms with Crippen LogP contribution in [0.2, 0.25) is 0 Å². The molecule has 0 aliphatic heterocycles. The van der Waals surface area contributed by atoms with Gasteiger partial charge in [0.25, 0.3) is 0 Å². The van der Waals surface area contributed by atoms with Gasteiger partial charge < -0.3 is 0 Å². The number of hydrogen-bond donors (Lipinski definition) is 0. The molecule has 0 N–H and O–H groups in total. The van der Waals surface area contributed by atoms with E-state index < -0.39 is 24.2 Å². The predicted octanol–water partition coefficient (Wildman–Crippen LogP) is 2.95. The average molecular weight is 323 g/mol. The molecule has 0 heterocycles. The first-order valence-electron chi connectivity index (χ1n) is 6.20. The maximum atomic E-state index is 2.26. The van der Waals surface area contributed by atoms with E-state index in [1.807, 2.05) is 0 Å². The summed E-state index contributed by atoms with van der Waals surface area (Å²) in [5.74, 6) is 0. The zero-order valence-corrected chi connectivity index (χ0v) is 15.2. The molecule has 84 valence electrons. The third-order valence-electron chi connectivity index (χ3n) is 3.64. The quantitative estimate of drug-likeness (QED) is 0.746. The molecule has 0 unspecified atom stereocenters. The van der Waals surface area contributed by atoms with Crippen LogP contribution in [-0.2, 0) is 24.2 Å². The van der Waals surface area contributed by atoms with Gasteiger partial charge >= 0.3 is 117 Å². The molecule has 0 atom stereocenters.